The summed E-state index contributed by atoms with van der Waals surface area (Å²) in [6.45, 7) is 2.08. The summed E-state index contributed by atoms with van der Waals surface area (Å²) >= 11 is 0. The minimum Gasteiger partial charge on any atom is -0.504 e. The van der Waals surface area contributed by atoms with Crippen LogP contribution in [-0.4, -0.2) is 38.7 Å². The second-order valence-electron chi connectivity index (χ2n) is 7.85. The molecule has 4 N–H and O–H groups in total. The fourth-order valence-electron chi connectivity index (χ4n) is 3.83. The average Bonchev–Trinajstić information content (AvgIpc) is 3.39. The van der Waals surface area contributed by atoms with E-state index in [1.807, 2.05) is 19.1 Å². The van der Waals surface area contributed by atoms with Crippen LogP contribution in [0, 0.1) is 5.92 Å². The number of fused-ring (bicyclic) bond motifs is 1. The number of aromatic hydroxyl groups is 1. The summed E-state index contributed by atoms with van der Waals surface area (Å²) in [7, 11) is 0. The van der Waals surface area contributed by atoms with Crippen molar-refractivity contribution >= 4 is 22.7 Å². The first-order chi connectivity index (χ1) is 15.4. The van der Waals surface area contributed by atoms with Crippen LogP contribution in [0.1, 0.15) is 45.6 Å². The van der Waals surface area contributed by atoms with E-state index in [1.54, 1.807) is 36.4 Å². The van der Waals surface area contributed by atoms with Gasteiger partial charge in [0, 0.05) is 23.7 Å². The van der Waals surface area contributed by atoms with Crippen molar-refractivity contribution in [3.05, 3.63) is 77.4 Å². The fourth-order valence-corrected chi connectivity index (χ4v) is 3.83. The number of hydrogen-bond donors (Lipinski definition) is 4. The Labute approximate surface area is 183 Å². The summed E-state index contributed by atoms with van der Waals surface area (Å²) in [6, 6.07) is 14.0. The fraction of sp³-hybridized carbons (Fsp3) is 0.200. The molecule has 0 bridgehead atoms. The predicted molar refractivity (Wildman–Crippen MR) is 119 cm³/mol. The number of aryl methyl sites for hydroxylation is 1. The van der Waals surface area contributed by atoms with Gasteiger partial charge in [-0.2, -0.15) is 0 Å². The monoisotopic (exact) mass is 433 g/mol. The zero-order chi connectivity index (χ0) is 22.8. The van der Waals surface area contributed by atoms with Crippen LogP contribution in [0.2, 0.25) is 0 Å². The maximum absolute atomic E-state index is 13.3. The third-order valence-corrected chi connectivity index (χ3v) is 5.61. The third-order valence-electron chi connectivity index (χ3n) is 5.61. The van der Waals surface area contributed by atoms with Crippen LogP contribution in [-0.2, 0) is 6.42 Å². The van der Waals surface area contributed by atoms with Gasteiger partial charge >= 0.3 is 5.97 Å². The largest absolute Gasteiger partial charge is 0.504 e. The Morgan fingerprint density at radius 1 is 1.06 bits per heavy atom. The topological polar surface area (TPSA) is 124 Å². The van der Waals surface area contributed by atoms with Crippen LogP contribution in [0.4, 0.5) is 0 Å². The number of carboxylic acids is 1. The molecule has 2 aromatic heterocycles. The summed E-state index contributed by atoms with van der Waals surface area (Å²) < 4.78 is 5.38. The highest BCUT2D eigenvalue weighted by Crippen LogP contribution is 2.40. The number of furan rings is 1. The molecule has 7 nitrogen and oxygen atoms in total. The van der Waals surface area contributed by atoms with E-state index in [0.717, 1.165) is 23.9 Å². The summed E-state index contributed by atoms with van der Waals surface area (Å²) in [4.78, 5) is 28.1. The number of nitrogens with one attached hydrogen (secondary N) is 1. The molecule has 2 heterocycles. The normalized spacial score (nSPS) is 12.2. The number of carbonyl (C=O) groups is 2. The van der Waals surface area contributed by atoms with E-state index in [-0.39, 0.29) is 23.7 Å². The standard InChI is InChI=1S/C25H23NO6/c1-14(13-27)10-11-16-8-5-9-17-18(12-26-20(16)17)21(28)24-22(29)19(23(32-24)25(30)31)15-6-3-2-4-7-15/h2-9,12,14,26-27,29H,10-11,13H2,1H3,(H,30,31). The van der Waals surface area contributed by atoms with Gasteiger partial charge in [0.05, 0.1) is 11.1 Å². The van der Waals surface area contributed by atoms with Crippen molar-refractivity contribution in [1.82, 2.24) is 4.98 Å². The van der Waals surface area contributed by atoms with E-state index in [0.29, 0.717) is 10.9 Å². The lowest BCUT2D eigenvalue weighted by atomic mass is 9.98. The molecule has 0 saturated carbocycles. The van der Waals surface area contributed by atoms with Gasteiger partial charge in [-0.15, -0.1) is 0 Å². The van der Waals surface area contributed by atoms with Crippen molar-refractivity contribution in [2.45, 2.75) is 19.8 Å². The number of hydrogen-bond acceptors (Lipinski definition) is 5. The highest BCUT2D eigenvalue weighted by Gasteiger charge is 2.31. The molecule has 1 unspecified atom stereocenters. The molecule has 0 aliphatic carbocycles. The van der Waals surface area contributed by atoms with Crippen molar-refractivity contribution in [2.24, 2.45) is 5.92 Å². The molecule has 4 rings (SSSR count). The van der Waals surface area contributed by atoms with Crippen LogP contribution < -0.4 is 0 Å². The minimum atomic E-state index is -1.38. The van der Waals surface area contributed by atoms with Crippen molar-refractivity contribution in [3.63, 3.8) is 0 Å². The molecule has 0 amide bonds. The number of aliphatic hydroxyl groups is 1. The molecule has 2 aromatic carbocycles. The first-order valence-corrected chi connectivity index (χ1v) is 10.3. The number of benzene rings is 2. The van der Waals surface area contributed by atoms with Crippen molar-refractivity contribution in [1.29, 1.82) is 0 Å². The number of aromatic nitrogens is 1. The lowest BCUT2D eigenvalue weighted by Crippen LogP contribution is -2.02. The Hall–Kier alpha value is -3.84. The van der Waals surface area contributed by atoms with Crippen LogP contribution in [0.5, 0.6) is 5.75 Å². The molecule has 164 valence electrons. The molecule has 0 fully saturated rings. The molecule has 32 heavy (non-hydrogen) atoms. The summed E-state index contributed by atoms with van der Waals surface area (Å²) in [5.41, 5.74) is 2.47. The van der Waals surface area contributed by atoms with Gasteiger partial charge in [0.25, 0.3) is 0 Å². The summed E-state index contributed by atoms with van der Waals surface area (Å²) in [5.74, 6) is -3.23. The van der Waals surface area contributed by atoms with Gasteiger partial charge in [0.1, 0.15) is 0 Å². The zero-order valence-electron chi connectivity index (χ0n) is 17.5. The number of ketones is 1. The second kappa shape index (κ2) is 8.72. The van der Waals surface area contributed by atoms with E-state index < -0.39 is 29.0 Å². The summed E-state index contributed by atoms with van der Waals surface area (Å²) in [5, 5.41) is 30.3. The first kappa shape index (κ1) is 21.4. The number of rotatable bonds is 8. The Morgan fingerprint density at radius 2 is 1.81 bits per heavy atom. The highest BCUT2D eigenvalue weighted by atomic mass is 16.4. The van der Waals surface area contributed by atoms with Gasteiger partial charge in [-0.3, -0.25) is 4.79 Å². The Kier molecular flexibility index (Phi) is 5.83. The number of aromatic carboxylic acids is 1. The van der Waals surface area contributed by atoms with E-state index in [4.69, 9.17) is 4.42 Å². The van der Waals surface area contributed by atoms with Crippen molar-refractivity contribution < 1.29 is 29.3 Å². The van der Waals surface area contributed by atoms with E-state index >= 15 is 0 Å². The number of carbonyl (C=O) groups excluding carboxylic acids is 1. The van der Waals surface area contributed by atoms with Gasteiger partial charge in [0.15, 0.2) is 5.75 Å². The van der Waals surface area contributed by atoms with Crippen LogP contribution in [0.3, 0.4) is 0 Å². The first-order valence-electron chi connectivity index (χ1n) is 10.3. The molecular weight excluding hydrogens is 410 g/mol. The molecule has 0 radical (unpaired) electrons. The molecule has 0 aliphatic heterocycles. The number of aliphatic hydroxyl groups excluding tert-OH is 1. The Balaban J connectivity index is 1.76. The van der Waals surface area contributed by atoms with Gasteiger partial charge in [-0.05, 0) is 29.9 Å². The number of carboxylic acid groups (broad SMARTS) is 1. The van der Waals surface area contributed by atoms with E-state index in [9.17, 15) is 24.9 Å². The molecule has 1 atom stereocenters. The predicted octanol–water partition coefficient (Wildman–Crippen LogP) is 4.62. The maximum Gasteiger partial charge on any atom is 0.372 e. The molecular formula is C25H23NO6. The lowest BCUT2D eigenvalue weighted by molar-refractivity contribution is 0.0661. The van der Waals surface area contributed by atoms with Crippen molar-refractivity contribution in [2.75, 3.05) is 6.61 Å². The third kappa shape index (κ3) is 3.78. The number of H-pyrrole nitrogens is 1. The van der Waals surface area contributed by atoms with Gasteiger partial charge in [-0.25, -0.2) is 4.79 Å². The quantitative estimate of drug-likeness (QED) is 0.301. The van der Waals surface area contributed by atoms with E-state index in [1.165, 1.54) is 6.20 Å². The average molecular weight is 433 g/mol. The number of para-hydroxylation sites is 1. The molecule has 7 heteroatoms. The minimum absolute atomic E-state index is 0.0278. The highest BCUT2D eigenvalue weighted by molar-refractivity contribution is 6.18. The molecule has 0 aliphatic rings. The molecule has 0 spiro atoms. The maximum atomic E-state index is 13.3. The van der Waals surface area contributed by atoms with Gasteiger partial charge in [-0.1, -0.05) is 55.5 Å². The van der Waals surface area contributed by atoms with Gasteiger partial charge < -0.3 is 24.7 Å². The summed E-state index contributed by atoms with van der Waals surface area (Å²) in [6.07, 6.45) is 3.05. The number of aromatic amines is 1. The van der Waals surface area contributed by atoms with E-state index in [2.05, 4.69) is 4.98 Å². The van der Waals surface area contributed by atoms with Gasteiger partial charge in [0.2, 0.25) is 17.3 Å². The molecule has 0 saturated heterocycles. The van der Waals surface area contributed by atoms with Crippen LogP contribution >= 0.6 is 0 Å². The zero-order valence-corrected chi connectivity index (χ0v) is 17.5. The molecule has 4 aromatic rings. The van der Waals surface area contributed by atoms with Crippen LogP contribution in [0.15, 0.2) is 59.1 Å². The second-order valence-corrected chi connectivity index (χ2v) is 7.85. The van der Waals surface area contributed by atoms with Crippen molar-refractivity contribution in [3.8, 4) is 16.9 Å². The van der Waals surface area contributed by atoms with Crippen LogP contribution in [0.25, 0.3) is 22.0 Å². The SMILES string of the molecule is CC(CO)CCc1cccc2c(C(=O)c3oc(C(=O)O)c(-c4ccccc4)c3O)c[nH]c12. The Morgan fingerprint density at radius 3 is 2.50 bits per heavy atom. The lowest BCUT2D eigenvalue weighted by Gasteiger charge is -2.08. The smallest absolute Gasteiger partial charge is 0.372 e. The Bertz CT molecular complexity index is 1280.